The Labute approximate surface area is 194 Å². The molecule has 3 fully saturated rings. The lowest BCUT2D eigenvalue weighted by atomic mass is 9.44. The van der Waals surface area contributed by atoms with E-state index in [0.29, 0.717) is 19.4 Å². The fourth-order valence-corrected chi connectivity index (χ4v) is 7.63. The minimum absolute atomic E-state index is 0.0122. The minimum atomic E-state index is -1.41. The van der Waals surface area contributed by atoms with Crippen LogP contribution < -0.4 is 0 Å². The van der Waals surface area contributed by atoms with Gasteiger partial charge >= 0.3 is 5.97 Å². The van der Waals surface area contributed by atoms with E-state index < -0.39 is 46.3 Å². The molecule has 7 heteroatoms. The van der Waals surface area contributed by atoms with Crippen LogP contribution in [-0.2, 0) is 28.7 Å². The Morgan fingerprint density at radius 1 is 1.24 bits per heavy atom. The number of hydrogen-bond donors (Lipinski definition) is 1. The van der Waals surface area contributed by atoms with Crippen LogP contribution in [0.4, 0.5) is 0 Å². The Hall–Kier alpha value is -2.12. The summed E-state index contributed by atoms with van der Waals surface area (Å²) in [5.74, 6) is -2.64. The van der Waals surface area contributed by atoms with E-state index in [1.165, 1.54) is 13.0 Å². The third kappa shape index (κ3) is 3.22. The zero-order valence-corrected chi connectivity index (χ0v) is 20.1. The number of hydrogen-bond acceptors (Lipinski definition) is 7. The zero-order valence-electron chi connectivity index (χ0n) is 20.1. The van der Waals surface area contributed by atoms with Gasteiger partial charge in [0.05, 0.1) is 6.10 Å². The van der Waals surface area contributed by atoms with Gasteiger partial charge in [-0.15, -0.1) is 0 Å². The van der Waals surface area contributed by atoms with E-state index in [4.69, 9.17) is 9.47 Å². The van der Waals surface area contributed by atoms with Crippen LogP contribution >= 0.6 is 0 Å². The van der Waals surface area contributed by atoms with Crippen molar-refractivity contribution in [2.45, 2.75) is 65.6 Å². The van der Waals surface area contributed by atoms with Gasteiger partial charge < -0.3 is 14.6 Å². The van der Waals surface area contributed by atoms with E-state index in [1.54, 1.807) is 13.0 Å². The summed E-state index contributed by atoms with van der Waals surface area (Å²) in [4.78, 5) is 51.4. The van der Waals surface area contributed by atoms with Crippen molar-refractivity contribution in [3.8, 4) is 0 Å². The fourth-order valence-electron chi connectivity index (χ4n) is 7.63. The summed E-state index contributed by atoms with van der Waals surface area (Å²) in [5.41, 5.74) is -2.17. The number of aliphatic hydroxyl groups is 1. The summed E-state index contributed by atoms with van der Waals surface area (Å²) in [7, 11) is 0. The topological polar surface area (TPSA) is 107 Å². The summed E-state index contributed by atoms with van der Waals surface area (Å²) in [6.07, 6.45) is 5.09. The number of ether oxygens (including phenoxy) is 2. The summed E-state index contributed by atoms with van der Waals surface area (Å²) in [6, 6.07) is 0. The molecule has 1 N–H and O–H groups in total. The third-order valence-corrected chi connectivity index (χ3v) is 9.13. The molecule has 0 unspecified atom stereocenters. The van der Waals surface area contributed by atoms with Crippen molar-refractivity contribution in [3.63, 3.8) is 0 Å². The monoisotopic (exact) mass is 458 g/mol. The van der Waals surface area contributed by atoms with Crippen molar-refractivity contribution in [2.75, 3.05) is 13.2 Å². The van der Waals surface area contributed by atoms with Crippen molar-refractivity contribution in [3.05, 3.63) is 23.8 Å². The van der Waals surface area contributed by atoms with Crippen LogP contribution in [0.25, 0.3) is 0 Å². The average molecular weight is 459 g/mol. The Morgan fingerprint density at radius 3 is 2.58 bits per heavy atom. The number of rotatable bonds is 5. The molecule has 0 saturated heterocycles. The summed E-state index contributed by atoms with van der Waals surface area (Å²) < 4.78 is 11.1. The first-order valence-corrected chi connectivity index (χ1v) is 11.9. The van der Waals surface area contributed by atoms with Crippen LogP contribution in [0.3, 0.4) is 0 Å². The molecule has 0 aliphatic heterocycles. The molecule has 4 rings (SSSR count). The maximum absolute atomic E-state index is 13.7. The van der Waals surface area contributed by atoms with Gasteiger partial charge in [-0.3, -0.25) is 14.4 Å². The van der Waals surface area contributed by atoms with Crippen LogP contribution in [0, 0.1) is 34.5 Å². The van der Waals surface area contributed by atoms with E-state index >= 15 is 0 Å². The van der Waals surface area contributed by atoms with E-state index in [9.17, 15) is 24.3 Å². The molecule has 33 heavy (non-hydrogen) atoms. The van der Waals surface area contributed by atoms with Gasteiger partial charge in [0.1, 0.15) is 12.4 Å². The van der Waals surface area contributed by atoms with Gasteiger partial charge in [0.2, 0.25) is 0 Å². The molecular weight excluding hydrogens is 424 g/mol. The van der Waals surface area contributed by atoms with E-state index in [1.807, 2.05) is 26.8 Å². The second-order valence-electron chi connectivity index (χ2n) is 10.6. The first-order valence-electron chi connectivity index (χ1n) is 11.9. The van der Waals surface area contributed by atoms with E-state index in [-0.39, 0.29) is 36.3 Å². The number of esters is 1. The highest BCUT2D eigenvalue weighted by molar-refractivity contribution is 6.03. The fraction of sp³-hybridized carbons (Fsp3) is 0.692. The maximum atomic E-state index is 13.7. The predicted octanol–water partition coefficient (Wildman–Crippen LogP) is 2.60. The Morgan fingerprint density at radius 2 is 1.94 bits per heavy atom. The van der Waals surface area contributed by atoms with Gasteiger partial charge in [-0.1, -0.05) is 26.8 Å². The Bertz CT molecular complexity index is 964. The number of aliphatic hydroxyl groups excluding tert-OH is 1. The average Bonchev–Trinajstić information content (AvgIpc) is 3.03. The number of ketones is 3. The predicted molar refractivity (Wildman–Crippen MR) is 119 cm³/mol. The van der Waals surface area contributed by atoms with Crippen LogP contribution in [0.1, 0.15) is 53.9 Å². The van der Waals surface area contributed by atoms with Crippen LogP contribution in [0.15, 0.2) is 23.8 Å². The smallest absolute Gasteiger partial charge is 0.333 e. The second kappa shape index (κ2) is 7.98. The Balaban J connectivity index is 1.77. The van der Waals surface area contributed by atoms with Gasteiger partial charge in [-0.25, -0.2) is 4.79 Å². The zero-order chi connectivity index (χ0) is 24.3. The number of fused-ring (bicyclic) bond motifs is 5. The number of Topliss-reactive ketones (excluding diaryl/α,β-unsaturated/α-hetero) is 2. The van der Waals surface area contributed by atoms with E-state index in [2.05, 4.69) is 0 Å². The lowest BCUT2D eigenvalue weighted by Crippen LogP contribution is -2.65. The van der Waals surface area contributed by atoms with Gasteiger partial charge in [0.25, 0.3) is 0 Å². The molecular formula is C26H34O7. The molecule has 7 nitrogen and oxygen atoms in total. The first-order chi connectivity index (χ1) is 15.4. The number of allylic oxidation sites excluding steroid dienone is 4. The molecule has 0 bridgehead atoms. The Kier molecular flexibility index (Phi) is 5.81. The first kappa shape index (κ1) is 24.0. The third-order valence-electron chi connectivity index (χ3n) is 9.13. The molecule has 3 saturated carbocycles. The molecule has 0 aromatic rings. The summed E-state index contributed by atoms with van der Waals surface area (Å²) in [5, 5.41) is 11.5. The normalized spacial score (nSPS) is 43.9. The molecule has 0 amide bonds. The highest BCUT2D eigenvalue weighted by Gasteiger charge is 2.71. The SMILES string of the molecule is CCOCC(=O)O[C@]1(C(C)=O)CC[C@H]2[C@@H]3C(=O)[C@H](C)C4=CC(=O)C=C[C@]4(C)[C@H]3[C@@H](O)C[C@@]21C. The van der Waals surface area contributed by atoms with Crippen LogP contribution in [0.2, 0.25) is 0 Å². The highest BCUT2D eigenvalue weighted by Crippen LogP contribution is 2.67. The molecule has 4 aliphatic carbocycles. The molecule has 0 aromatic heterocycles. The van der Waals surface area contributed by atoms with Gasteiger partial charge in [0.15, 0.2) is 17.2 Å². The molecule has 8 atom stereocenters. The minimum Gasteiger partial charge on any atom is -0.449 e. The van der Waals surface area contributed by atoms with Gasteiger partial charge in [-0.2, -0.15) is 0 Å². The number of carbonyl (C=O) groups excluding carboxylic acids is 4. The second-order valence-corrected chi connectivity index (χ2v) is 10.6. The summed E-state index contributed by atoms with van der Waals surface area (Å²) >= 11 is 0. The van der Waals surface area contributed by atoms with Crippen molar-refractivity contribution >= 4 is 23.3 Å². The van der Waals surface area contributed by atoms with Crippen molar-refractivity contribution in [1.29, 1.82) is 0 Å². The lowest BCUT2D eigenvalue weighted by molar-refractivity contribution is -0.201. The van der Waals surface area contributed by atoms with Crippen LogP contribution in [0.5, 0.6) is 0 Å². The molecule has 0 spiro atoms. The maximum Gasteiger partial charge on any atom is 0.333 e. The molecule has 4 aliphatic rings. The van der Waals surface area contributed by atoms with Gasteiger partial charge in [0, 0.05) is 35.2 Å². The lowest BCUT2D eigenvalue weighted by Gasteiger charge is -2.60. The highest BCUT2D eigenvalue weighted by atomic mass is 16.6. The molecule has 180 valence electrons. The molecule has 0 heterocycles. The van der Waals surface area contributed by atoms with Crippen molar-refractivity contribution in [1.82, 2.24) is 0 Å². The van der Waals surface area contributed by atoms with Crippen molar-refractivity contribution in [2.24, 2.45) is 34.5 Å². The van der Waals surface area contributed by atoms with Crippen molar-refractivity contribution < 1.29 is 33.8 Å². The quantitative estimate of drug-likeness (QED) is 0.631. The van der Waals surface area contributed by atoms with Gasteiger partial charge in [-0.05, 0) is 56.8 Å². The van der Waals surface area contributed by atoms with E-state index in [0.717, 1.165) is 5.57 Å². The standard InChI is InChI=1S/C26H34O7/c1-6-32-13-20(30)33-26(15(3)27)10-8-17-21-22(19(29)12-25(17,26)5)24(4)9-7-16(28)11-18(24)14(2)23(21)31/h7,9,11,14,17,19,21-22,29H,6,8,10,12-13H2,1-5H3/t14-,17+,19+,21+,22+,24+,25+,26+/m1/s1. The number of carbonyl (C=O) groups is 4. The summed E-state index contributed by atoms with van der Waals surface area (Å²) in [6.45, 7) is 8.98. The molecule has 0 radical (unpaired) electrons. The largest absolute Gasteiger partial charge is 0.449 e. The molecule has 0 aromatic carbocycles. The van der Waals surface area contributed by atoms with Crippen LogP contribution in [-0.4, -0.2) is 53.3 Å².